The van der Waals surface area contributed by atoms with Crippen molar-refractivity contribution in [2.24, 2.45) is 11.8 Å². The second-order valence-electron chi connectivity index (χ2n) is 6.46. The fourth-order valence-corrected chi connectivity index (χ4v) is 3.46. The van der Waals surface area contributed by atoms with Crippen molar-refractivity contribution in [1.29, 1.82) is 0 Å². The lowest BCUT2D eigenvalue weighted by molar-refractivity contribution is 0.0643. The monoisotopic (exact) mass is 298 g/mol. The van der Waals surface area contributed by atoms with Gasteiger partial charge in [0.1, 0.15) is 11.1 Å². The minimum absolute atomic E-state index is 0.110. The second kappa shape index (κ2) is 8.11. The normalized spacial score (nSPS) is 13.7. The highest BCUT2D eigenvalue weighted by Crippen LogP contribution is 2.31. The highest BCUT2D eigenvalue weighted by Gasteiger charge is 2.22. The molecular formula is C16H30N2OS. The number of aromatic nitrogens is 1. The topological polar surface area (TPSA) is 34.1 Å². The smallest absolute Gasteiger partial charge is 0.122 e. The number of ether oxygens (including phenoxy) is 1. The number of hydrogen-bond donors (Lipinski definition) is 1. The SMILES string of the molecule is COC(c1nc(CC(C)C)c(CNC(C)C)s1)C(C)C. The van der Waals surface area contributed by atoms with Crippen LogP contribution in [0.15, 0.2) is 0 Å². The molecule has 20 heavy (non-hydrogen) atoms. The fraction of sp³-hybridized carbons (Fsp3) is 0.812. The van der Waals surface area contributed by atoms with Crippen LogP contribution in [0, 0.1) is 11.8 Å². The molecule has 4 heteroatoms. The Bertz CT molecular complexity index is 399. The van der Waals surface area contributed by atoms with Gasteiger partial charge in [0.25, 0.3) is 0 Å². The van der Waals surface area contributed by atoms with E-state index in [4.69, 9.17) is 9.72 Å². The largest absolute Gasteiger partial charge is 0.374 e. The summed E-state index contributed by atoms with van der Waals surface area (Å²) in [5, 5.41) is 4.63. The molecule has 0 aliphatic carbocycles. The molecule has 1 heterocycles. The number of nitrogens with one attached hydrogen (secondary N) is 1. The van der Waals surface area contributed by atoms with Gasteiger partial charge in [-0.25, -0.2) is 4.98 Å². The van der Waals surface area contributed by atoms with E-state index >= 15 is 0 Å². The lowest BCUT2D eigenvalue weighted by Crippen LogP contribution is -2.22. The number of rotatable bonds is 8. The first-order chi connectivity index (χ1) is 9.35. The highest BCUT2D eigenvalue weighted by atomic mass is 32.1. The van der Waals surface area contributed by atoms with Crippen LogP contribution in [-0.4, -0.2) is 18.1 Å². The van der Waals surface area contributed by atoms with Gasteiger partial charge in [0.2, 0.25) is 0 Å². The average molecular weight is 298 g/mol. The number of thiazole rings is 1. The van der Waals surface area contributed by atoms with E-state index in [1.807, 2.05) is 0 Å². The molecule has 1 atom stereocenters. The summed E-state index contributed by atoms with van der Waals surface area (Å²) in [7, 11) is 1.78. The van der Waals surface area contributed by atoms with Crippen LogP contribution in [-0.2, 0) is 17.7 Å². The summed E-state index contributed by atoms with van der Waals surface area (Å²) < 4.78 is 5.62. The van der Waals surface area contributed by atoms with Crippen LogP contribution in [0.25, 0.3) is 0 Å². The minimum atomic E-state index is 0.110. The van der Waals surface area contributed by atoms with Crippen LogP contribution in [0.3, 0.4) is 0 Å². The van der Waals surface area contributed by atoms with Gasteiger partial charge in [0.15, 0.2) is 0 Å². The first kappa shape index (κ1) is 17.6. The van der Waals surface area contributed by atoms with Crippen molar-refractivity contribution in [1.82, 2.24) is 10.3 Å². The molecule has 1 N–H and O–H groups in total. The predicted molar refractivity (Wildman–Crippen MR) is 87.2 cm³/mol. The maximum absolute atomic E-state index is 5.62. The minimum Gasteiger partial charge on any atom is -0.374 e. The summed E-state index contributed by atoms with van der Waals surface area (Å²) >= 11 is 1.81. The maximum atomic E-state index is 5.62. The quantitative estimate of drug-likeness (QED) is 0.781. The molecule has 3 nitrogen and oxygen atoms in total. The van der Waals surface area contributed by atoms with Gasteiger partial charge in [0, 0.05) is 24.6 Å². The van der Waals surface area contributed by atoms with Gasteiger partial charge in [-0.05, 0) is 18.3 Å². The van der Waals surface area contributed by atoms with Crippen molar-refractivity contribution >= 4 is 11.3 Å². The molecular weight excluding hydrogens is 268 g/mol. The second-order valence-corrected chi connectivity index (χ2v) is 7.57. The van der Waals surface area contributed by atoms with E-state index in [1.165, 1.54) is 10.6 Å². The van der Waals surface area contributed by atoms with E-state index < -0.39 is 0 Å². The molecule has 0 aromatic carbocycles. The van der Waals surface area contributed by atoms with Gasteiger partial charge >= 0.3 is 0 Å². The van der Waals surface area contributed by atoms with Crippen LogP contribution in [0.1, 0.15) is 63.2 Å². The van der Waals surface area contributed by atoms with Crippen molar-refractivity contribution in [3.8, 4) is 0 Å². The highest BCUT2D eigenvalue weighted by molar-refractivity contribution is 7.11. The molecule has 1 rings (SSSR count). The third kappa shape index (κ3) is 5.15. The summed E-state index contributed by atoms with van der Waals surface area (Å²) in [6.45, 7) is 14.1. The Morgan fingerprint density at radius 2 is 1.80 bits per heavy atom. The molecule has 0 amide bonds. The molecule has 0 spiro atoms. The van der Waals surface area contributed by atoms with E-state index in [2.05, 4.69) is 46.9 Å². The summed E-state index contributed by atoms with van der Waals surface area (Å²) in [6, 6.07) is 0.496. The van der Waals surface area contributed by atoms with Crippen molar-refractivity contribution in [2.75, 3.05) is 7.11 Å². The van der Waals surface area contributed by atoms with Gasteiger partial charge in [-0.15, -0.1) is 11.3 Å². The van der Waals surface area contributed by atoms with Gasteiger partial charge in [0.05, 0.1) is 5.69 Å². The van der Waals surface area contributed by atoms with Crippen molar-refractivity contribution < 1.29 is 4.74 Å². The maximum Gasteiger partial charge on any atom is 0.122 e. The molecule has 1 aromatic rings. The number of nitrogens with zero attached hydrogens (tertiary/aromatic N) is 1. The van der Waals surface area contributed by atoms with Crippen LogP contribution >= 0.6 is 11.3 Å². The van der Waals surface area contributed by atoms with E-state index in [0.29, 0.717) is 17.9 Å². The molecule has 0 aliphatic heterocycles. The molecule has 0 saturated heterocycles. The Hall–Kier alpha value is -0.450. The first-order valence-electron chi connectivity index (χ1n) is 7.59. The Kier molecular flexibility index (Phi) is 7.13. The lowest BCUT2D eigenvalue weighted by atomic mass is 10.1. The average Bonchev–Trinajstić information content (AvgIpc) is 2.69. The Labute approximate surface area is 128 Å². The summed E-state index contributed by atoms with van der Waals surface area (Å²) in [5.74, 6) is 1.08. The zero-order valence-electron chi connectivity index (χ0n) is 14.0. The lowest BCUT2D eigenvalue weighted by Gasteiger charge is -2.16. The third-order valence-corrected chi connectivity index (χ3v) is 4.33. The Morgan fingerprint density at radius 3 is 2.25 bits per heavy atom. The van der Waals surface area contributed by atoms with Crippen molar-refractivity contribution in [3.63, 3.8) is 0 Å². The molecule has 116 valence electrons. The number of hydrogen-bond acceptors (Lipinski definition) is 4. The number of methoxy groups -OCH3 is 1. The van der Waals surface area contributed by atoms with Gasteiger partial charge in [-0.1, -0.05) is 41.5 Å². The molecule has 0 fully saturated rings. The van der Waals surface area contributed by atoms with Gasteiger partial charge < -0.3 is 10.1 Å². The molecule has 0 saturated carbocycles. The Morgan fingerprint density at radius 1 is 1.15 bits per heavy atom. The third-order valence-electron chi connectivity index (χ3n) is 3.17. The van der Waals surface area contributed by atoms with E-state index in [9.17, 15) is 0 Å². The van der Waals surface area contributed by atoms with Crippen molar-refractivity contribution in [2.45, 2.75) is 66.7 Å². The molecule has 0 aliphatic rings. The van der Waals surface area contributed by atoms with Gasteiger partial charge in [-0.2, -0.15) is 0 Å². The first-order valence-corrected chi connectivity index (χ1v) is 8.41. The van der Waals surface area contributed by atoms with Crippen LogP contribution in [0.2, 0.25) is 0 Å². The Balaban J connectivity index is 2.97. The van der Waals surface area contributed by atoms with Gasteiger partial charge in [-0.3, -0.25) is 0 Å². The molecule has 0 bridgehead atoms. The summed E-state index contributed by atoms with van der Waals surface area (Å²) in [5.41, 5.74) is 1.25. The van der Waals surface area contributed by atoms with E-state index in [-0.39, 0.29) is 6.10 Å². The predicted octanol–water partition coefficient (Wildman–Crippen LogP) is 4.18. The van der Waals surface area contributed by atoms with E-state index in [1.54, 1.807) is 18.4 Å². The zero-order valence-corrected chi connectivity index (χ0v) is 14.8. The van der Waals surface area contributed by atoms with Crippen molar-refractivity contribution in [3.05, 3.63) is 15.6 Å². The van der Waals surface area contributed by atoms with Crippen LogP contribution in [0.5, 0.6) is 0 Å². The summed E-state index contributed by atoms with van der Waals surface area (Å²) in [6.07, 6.45) is 1.15. The van der Waals surface area contributed by atoms with Crippen LogP contribution in [0.4, 0.5) is 0 Å². The molecule has 0 radical (unpaired) electrons. The molecule has 1 aromatic heterocycles. The standard InChI is InChI=1S/C16H30N2OS/c1-10(2)8-13-14(9-17-12(5)6)20-16(18-13)15(19-7)11(3)4/h10-12,15,17H,8-9H2,1-7H3. The zero-order chi connectivity index (χ0) is 15.3. The van der Waals surface area contributed by atoms with E-state index in [0.717, 1.165) is 18.0 Å². The fourth-order valence-electron chi connectivity index (χ4n) is 2.16. The summed E-state index contributed by atoms with van der Waals surface area (Å²) in [4.78, 5) is 6.24. The van der Waals surface area contributed by atoms with Crippen LogP contribution < -0.4 is 5.32 Å². The molecule has 1 unspecified atom stereocenters.